The Bertz CT molecular complexity index is 1370. The van der Waals surface area contributed by atoms with Gasteiger partial charge in [0.1, 0.15) is 5.82 Å². The van der Waals surface area contributed by atoms with Crippen LogP contribution in [0.5, 0.6) is 0 Å². The normalized spacial score (nSPS) is 12.7. The molecule has 1 unspecified atom stereocenters. The highest BCUT2D eigenvalue weighted by Gasteiger charge is 2.21. The van der Waals surface area contributed by atoms with Gasteiger partial charge in [0.25, 0.3) is 11.1 Å². The lowest BCUT2D eigenvalue weighted by atomic mass is 9.96. The number of nitrogens with zero attached hydrogens (tertiary/aromatic N) is 2. The third-order valence-electron chi connectivity index (χ3n) is 5.93. The number of hydrogen-bond donors (Lipinski definition) is 1. The third kappa shape index (κ3) is 4.73. The van der Waals surface area contributed by atoms with E-state index in [4.69, 9.17) is 4.74 Å². The van der Waals surface area contributed by atoms with E-state index in [2.05, 4.69) is 36.8 Å². The third-order valence-corrected chi connectivity index (χ3v) is 5.93. The van der Waals surface area contributed by atoms with Crippen molar-refractivity contribution in [3.05, 3.63) is 85.7 Å². The van der Waals surface area contributed by atoms with Gasteiger partial charge in [0, 0.05) is 25.6 Å². The van der Waals surface area contributed by atoms with Gasteiger partial charge in [0.2, 0.25) is 0 Å². The average molecular weight is 450 g/mol. The van der Waals surface area contributed by atoms with Crippen LogP contribution in [0.15, 0.2) is 52.1 Å². The first-order chi connectivity index (χ1) is 15.8. The van der Waals surface area contributed by atoms with Crippen molar-refractivity contribution in [3.63, 3.8) is 0 Å². The van der Waals surface area contributed by atoms with E-state index in [1.807, 2.05) is 17.6 Å². The number of aromatic amines is 1. The number of nitrogens with one attached hydrogen (secondary N) is 1. The van der Waals surface area contributed by atoms with Crippen molar-refractivity contribution in [2.45, 2.75) is 52.7 Å². The second kappa shape index (κ2) is 9.27. The number of halogens is 1. The fourth-order valence-corrected chi connectivity index (χ4v) is 4.40. The monoisotopic (exact) mass is 449 g/mol. The minimum absolute atomic E-state index is 0.220. The Morgan fingerprint density at radius 1 is 1.12 bits per heavy atom. The molecule has 0 saturated carbocycles. The van der Waals surface area contributed by atoms with Gasteiger partial charge in [-0.15, -0.1) is 0 Å². The predicted molar refractivity (Wildman–Crippen MR) is 128 cm³/mol. The Labute approximate surface area is 191 Å². The molecule has 0 saturated heterocycles. The van der Waals surface area contributed by atoms with Gasteiger partial charge in [-0.05, 0) is 60.7 Å². The van der Waals surface area contributed by atoms with E-state index in [0.29, 0.717) is 36.7 Å². The molecule has 0 fully saturated rings. The molecule has 0 spiro atoms. The minimum atomic E-state index is -0.508. The van der Waals surface area contributed by atoms with Crippen molar-refractivity contribution < 1.29 is 9.13 Å². The number of ether oxygens (including phenoxy) is 1. The Balaban J connectivity index is 1.90. The van der Waals surface area contributed by atoms with Crippen LogP contribution in [0.4, 0.5) is 4.39 Å². The number of rotatable bonds is 7. The van der Waals surface area contributed by atoms with Crippen molar-refractivity contribution in [2.75, 3.05) is 6.61 Å². The summed E-state index contributed by atoms with van der Waals surface area (Å²) in [6, 6.07) is 11.8. The summed E-state index contributed by atoms with van der Waals surface area (Å²) in [5.74, 6) is 0.0168. The van der Waals surface area contributed by atoms with Crippen molar-refractivity contribution in [1.82, 2.24) is 14.5 Å². The van der Waals surface area contributed by atoms with E-state index in [9.17, 15) is 14.0 Å². The fourth-order valence-electron chi connectivity index (χ4n) is 4.40. The topological polar surface area (TPSA) is 77.0 Å². The lowest BCUT2D eigenvalue weighted by molar-refractivity contribution is 0.0519. The summed E-state index contributed by atoms with van der Waals surface area (Å²) in [5, 5.41) is 0. The molecular weight excluding hydrogens is 421 g/mol. The van der Waals surface area contributed by atoms with Crippen LogP contribution in [-0.4, -0.2) is 27.2 Å². The zero-order valence-corrected chi connectivity index (χ0v) is 19.3. The maximum absolute atomic E-state index is 13.4. The van der Waals surface area contributed by atoms with Crippen molar-refractivity contribution >= 4 is 11.0 Å². The number of hydrogen-bond acceptors (Lipinski definition) is 4. The van der Waals surface area contributed by atoms with Gasteiger partial charge < -0.3 is 9.30 Å². The first kappa shape index (κ1) is 22.9. The molecule has 4 rings (SSSR count). The fraction of sp³-hybridized carbons (Fsp3) is 0.346. The Morgan fingerprint density at radius 3 is 2.52 bits per heavy atom. The lowest BCUT2D eigenvalue weighted by Gasteiger charge is -2.24. The van der Waals surface area contributed by atoms with Gasteiger partial charge in [-0.1, -0.05) is 26.0 Å². The van der Waals surface area contributed by atoms with Gasteiger partial charge in [-0.2, -0.15) is 0 Å². The Kier molecular flexibility index (Phi) is 6.42. The molecule has 33 heavy (non-hydrogen) atoms. The molecule has 0 bridgehead atoms. The average Bonchev–Trinajstić information content (AvgIpc) is 2.75. The number of aromatic nitrogens is 3. The van der Waals surface area contributed by atoms with Crippen LogP contribution < -0.4 is 11.1 Å². The SMILES string of the molecule is CCOC(Cc1ccc(F)cc1)Cn1c2cc(=O)[nH]c(=O)c-2nc2cc(C(C)C)c(C)cc21. The zero-order valence-electron chi connectivity index (χ0n) is 19.3. The molecule has 6 nitrogen and oxygen atoms in total. The van der Waals surface area contributed by atoms with Crippen LogP contribution in [0.1, 0.15) is 43.4 Å². The molecule has 1 atom stereocenters. The van der Waals surface area contributed by atoms with Crippen molar-refractivity contribution in [1.29, 1.82) is 0 Å². The smallest absolute Gasteiger partial charge is 0.278 e. The molecule has 2 aromatic carbocycles. The minimum Gasteiger partial charge on any atom is -0.376 e. The molecule has 2 aliphatic heterocycles. The molecule has 0 radical (unpaired) electrons. The highest BCUT2D eigenvalue weighted by Crippen LogP contribution is 2.29. The first-order valence-corrected chi connectivity index (χ1v) is 11.2. The standard InChI is InChI=1S/C26H28FN3O3/c1-5-33-19(11-17-6-8-18(27)9-7-17)14-30-22-10-16(4)20(15(2)3)12-21(22)28-25-23(30)13-24(31)29-26(25)32/h6-10,12-13,15,19H,5,11,14H2,1-4H3,(H,29,31,32). The van der Waals surface area contributed by atoms with E-state index in [1.165, 1.54) is 18.2 Å². The number of H-pyrrole nitrogens is 1. The molecule has 7 heteroatoms. The van der Waals surface area contributed by atoms with Crippen LogP contribution in [0.3, 0.4) is 0 Å². The summed E-state index contributed by atoms with van der Waals surface area (Å²) < 4.78 is 21.4. The highest BCUT2D eigenvalue weighted by atomic mass is 19.1. The molecule has 2 heterocycles. The van der Waals surface area contributed by atoms with Gasteiger partial charge >= 0.3 is 0 Å². The molecular formula is C26H28FN3O3. The maximum atomic E-state index is 13.4. The molecule has 1 N–H and O–H groups in total. The molecule has 0 aliphatic carbocycles. The van der Waals surface area contributed by atoms with Crippen LogP contribution in [-0.2, 0) is 17.7 Å². The first-order valence-electron chi connectivity index (χ1n) is 11.2. The van der Waals surface area contributed by atoms with Gasteiger partial charge in [0.15, 0.2) is 5.69 Å². The maximum Gasteiger partial charge on any atom is 0.278 e. The number of fused-ring (bicyclic) bond motifs is 2. The van der Waals surface area contributed by atoms with E-state index in [0.717, 1.165) is 22.2 Å². The highest BCUT2D eigenvalue weighted by molar-refractivity contribution is 5.82. The van der Waals surface area contributed by atoms with E-state index < -0.39 is 11.1 Å². The molecule has 2 aromatic rings. The van der Waals surface area contributed by atoms with Gasteiger partial charge in [-0.3, -0.25) is 14.6 Å². The summed E-state index contributed by atoms with van der Waals surface area (Å²) in [6.45, 7) is 9.12. The zero-order chi connectivity index (χ0) is 23.7. The summed E-state index contributed by atoms with van der Waals surface area (Å²) in [5.41, 5.74) is 4.46. The van der Waals surface area contributed by atoms with E-state index in [1.54, 1.807) is 12.1 Å². The molecule has 2 aliphatic rings. The van der Waals surface area contributed by atoms with Crippen molar-refractivity contribution in [2.24, 2.45) is 0 Å². The van der Waals surface area contributed by atoms with Crippen LogP contribution in [0.2, 0.25) is 0 Å². The number of aryl methyl sites for hydroxylation is 1. The molecule has 0 amide bonds. The van der Waals surface area contributed by atoms with Crippen molar-refractivity contribution in [3.8, 4) is 11.4 Å². The Hall–Kier alpha value is -3.32. The van der Waals surface area contributed by atoms with E-state index in [-0.39, 0.29) is 17.6 Å². The summed E-state index contributed by atoms with van der Waals surface area (Å²) >= 11 is 0. The van der Waals surface area contributed by atoms with Gasteiger partial charge in [-0.25, -0.2) is 9.37 Å². The van der Waals surface area contributed by atoms with Crippen LogP contribution in [0, 0.1) is 12.7 Å². The lowest BCUT2D eigenvalue weighted by Crippen LogP contribution is -2.29. The van der Waals surface area contributed by atoms with E-state index >= 15 is 0 Å². The number of benzene rings is 2. The number of pyridine rings is 1. The predicted octanol–water partition coefficient (Wildman–Crippen LogP) is 4.41. The quantitative estimate of drug-likeness (QED) is 0.424. The summed E-state index contributed by atoms with van der Waals surface area (Å²) in [4.78, 5) is 31.7. The Morgan fingerprint density at radius 2 is 1.85 bits per heavy atom. The molecule has 172 valence electrons. The second-order valence-corrected chi connectivity index (χ2v) is 8.68. The summed E-state index contributed by atoms with van der Waals surface area (Å²) in [6.07, 6.45) is 0.307. The van der Waals surface area contributed by atoms with Crippen LogP contribution in [0.25, 0.3) is 22.4 Å². The van der Waals surface area contributed by atoms with Gasteiger partial charge in [0.05, 0.1) is 22.8 Å². The molecule has 0 aromatic heterocycles. The second-order valence-electron chi connectivity index (χ2n) is 8.68. The summed E-state index contributed by atoms with van der Waals surface area (Å²) in [7, 11) is 0. The van der Waals surface area contributed by atoms with Crippen LogP contribution >= 0.6 is 0 Å². The largest absolute Gasteiger partial charge is 0.376 e.